The second-order valence-electron chi connectivity index (χ2n) is 10.3. The first kappa shape index (κ1) is 28.7. The lowest BCUT2D eigenvalue weighted by atomic mass is 10.0. The molecule has 1 heterocycles. The summed E-state index contributed by atoms with van der Waals surface area (Å²) in [4.78, 5) is 14.6. The molecule has 1 aliphatic rings. The lowest BCUT2D eigenvalue weighted by Gasteiger charge is -2.17. The molecule has 4 aromatic rings. The van der Waals surface area contributed by atoms with Crippen molar-refractivity contribution in [3.8, 4) is 0 Å². The zero-order chi connectivity index (χ0) is 29.0. The molecule has 42 heavy (non-hydrogen) atoms. The third kappa shape index (κ3) is 8.33. The van der Waals surface area contributed by atoms with Crippen molar-refractivity contribution in [1.29, 1.82) is 0 Å². The van der Waals surface area contributed by atoms with Crippen molar-refractivity contribution in [2.75, 3.05) is 18.0 Å². The second-order valence-corrected chi connectivity index (χ2v) is 10.3. The molecule has 0 aliphatic carbocycles. The van der Waals surface area contributed by atoms with Crippen molar-refractivity contribution in [2.45, 2.75) is 45.4 Å². The van der Waals surface area contributed by atoms with Crippen molar-refractivity contribution in [3.63, 3.8) is 0 Å². The van der Waals surface area contributed by atoms with Gasteiger partial charge >= 0.3 is 0 Å². The van der Waals surface area contributed by atoms with E-state index < -0.39 is 0 Å². The van der Waals surface area contributed by atoms with Crippen LogP contribution in [-0.2, 0) is 0 Å². The number of nitrogens with zero attached hydrogens (tertiary/aromatic N) is 7. The molecule has 1 aliphatic heterocycles. The molecule has 8 heteroatoms. The Hall–Kier alpha value is -4.85. The SMILES string of the molecule is CCCCCC(=O)c1ccc(N=Nc2ccc(N=Nc3ccc(N=Nc4ccc(N5CCCC5)cc4)cc3)cc2)cc1. The molecule has 8 nitrogen and oxygen atoms in total. The summed E-state index contributed by atoms with van der Waals surface area (Å²) >= 11 is 0. The first-order valence-electron chi connectivity index (χ1n) is 14.6. The van der Waals surface area contributed by atoms with Crippen LogP contribution in [0.5, 0.6) is 0 Å². The van der Waals surface area contributed by atoms with Gasteiger partial charge in [-0.3, -0.25) is 4.79 Å². The minimum Gasteiger partial charge on any atom is -0.372 e. The minimum absolute atomic E-state index is 0.173. The highest BCUT2D eigenvalue weighted by Gasteiger charge is 2.11. The summed E-state index contributed by atoms with van der Waals surface area (Å²) in [6.45, 7) is 4.39. The maximum Gasteiger partial charge on any atom is 0.162 e. The molecule has 0 N–H and O–H groups in total. The Kier molecular flexibility index (Phi) is 10.0. The molecule has 0 bridgehead atoms. The number of Topliss-reactive ketones (excluding diaryl/α,β-unsaturated/α-hetero) is 1. The molecule has 0 saturated carbocycles. The maximum absolute atomic E-state index is 12.2. The van der Waals surface area contributed by atoms with Gasteiger partial charge in [-0.1, -0.05) is 19.8 Å². The number of anilines is 1. The fourth-order valence-electron chi connectivity index (χ4n) is 4.62. The Morgan fingerprint density at radius 3 is 1.29 bits per heavy atom. The van der Waals surface area contributed by atoms with Crippen LogP contribution in [0.1, 0.15) is 55.8 Å². The summed E-state index contributed by atoms with van der Waals surface area (Å²) in [5, 5.41) is 25.9. The van der Waals surface area contributed by atoms with Crippen LogP contribution in [0.25, 0.3) is 0 Å². The molecule has 212 valence electrons. The van der Waals surface area contributed by atoms with E-state index in [1.165, 1.54) is 18.5 Å². The molecule has 1 fully saturated rings. The number of unbranched alkanes of at least 4 members (excludes halogenated alkanes) is 2. The number of benzene rings is 4. The van der Waals surface area contributed by atoms with Gasteiger partial charge in [-0.25, -0.2) is 0 Å². The highest BCUT2D eigenvalue weighted by atomic mass is 16.1. The number of azo groups is 3. The fraction of sp³-hybridized carbons (Fsp3) is 0.265. The van der Waals surface area contributed by atoms with E-state index in [1.54, 1.807) is 0 Å². The third-order valence-corrected chi connectivity index (χ3v) is 7.06. The van der Waals surface area contributed by atoms with Gasteiger partial charge in [-0.15, -0.1) is 0 Å². The van der Waals surface area contributed by atoms with Gasteiger partial charge in [-0.2, -0.15) is 30.7 Å². The van der Waals surface area contributed by atoms with Gasteiger partial charge in [0.05, 0.1) is 34.1 Å². The summed E-state index contributed by atoms with van der Waals surface area (Å²) in [6.07, 6.45) is 6.22. The Labute approximate surface area is 247 Å². The number of rotatable bonds is 12. The van der Waals surface area contributed by atoms with Crippen LogP contribution in [0.2, 0.25) is 0 Å². The van der Waals surface area contributed by atoms with Crippen LogP contribution in [0.3, 0.4) is 0 Å². The van der Waals surface area contributed by atoms with Crippen molar-refractivity contribution >= 4 is 45.6 Å². The van der Waals surface area contributed by atoms with Crippen molar-refractivity contribution < 1.29 is 4.79 Å². The lowest BCUT2D eigenvalue weighted by Crippen LogP contribution is -2.17. The van der Waals surface area contributed by atoms with Gasteiger partial charge in [0.2, 0.25) is 0 Å². The largest absolute Gasteiger partial charge is 0.372 e. The number of carbonyl (C=O) groups is 1. The summed E-state index contributed by atoms with van der Waals surface area (Å²) in [7, 11) is 0. The second kappa shape index (κ2) is 14.7. The summed E-state index contributed by atoms with van der Waals surface area (Å²) in [5.74, 6) is 0.173. The normalized spacial score (nSPS) is 13.6. The van der Waals surface area contributed by atoms with E-state index in [-0.39, 0.29) is 5.78 Å². The maximum atomic E-state index is 12.2. The molecule has 5 rings (SSSR count). The Morgan fingerprint density at radius 2 is 0.905 bits per heavy atom. The Balaban J connectivity index is 1.11. The number of hydrogen-bond acceptors (Lipinski definition) is 8. The zero-order valence-corrected chi connectivity index (χ0v) is 23.9. The van der Waals surface area contributed by atoms with E-state index in [1.807, 2.05) is 84.9 Å². The van der Waals surface area contributed by atoms with Gasteiger partial charge < -0.3 is 4.90 Å². The monoisotopic (exact) mass is 557 g/mol. The van der Waals surface area contributed by atoms with Gasteiger partial charge in [0, 0.05) is 30.8 Å². The first-order valence-corrected chi connectivity index (χ1v) is 14.6. The zero-order valence-electron chi connectivity index (χ0n) is 23.9. The average Bonchev–Trinajstić information content (AvgIpc) is 3.59. The summed E-state index contributed by atoms with van der Waals surface area (Å²) in [6, 6.07) is 30.3. The molecule has 1 saturated heterocycles. The van der Waals surface area contributed by atoms with Crippen LogP contribution < -0.4 is 4.90 Å². The van der Waals surface area contributed by atoms with Crippen LogP contribution in [0.15, 0.2) is 128 Å². The highest BCUT2D eigenvalue weighted by Crippen LogP contribution is 2.27. The van der Waals surface area contributed by atoms with E-state index in [9.17, 15) is 4.79 Å². The van der Waals surface area contributed by atoms with Crippen molar-refractivity contribution in [3.05, 3.63) is 103 Å². The molecule has 0 unspecified atom stereocenters. The van der Waals surface area contributed by atoms with E-state index in [0.717, 1.165) is 55.0 Å². The Bertz CT molecular complexity index is 1520. The van der Waals surface area contributed by atoms with Crippen LogP contribution in [0, 0.1) is 0 Å². The molecular weight excluding hydrogens is 522 g/mol. The van der Waals surface area contributed by atoms with Crippen LogP contribution in [-0.4, -0.2) is 18.9 Å². The van der Waals surface area contributed by atoms with E-state index in [0.29, 0.717) is 23.5 Å². The lowest BCUT2D eigenvalue weighted by molar-refractivity contribution is 0.0979. The van der Waals surface area contributed by atoms with Gasteiger partial charge in [0.1, 0.15) is 0 Å². The predicted octanol–water partition coefficient (Wildman–Crippen LogP) is 11.3. The van der Waals surface area contributed by atoms with Gasteiger partial charge in [-0.05, 0) is 116 Å². The smallest absolute Gasteiger partial charge is 0.162 e. The van der Waals surface area contributed by atoms with Crippen molar-refractivity contribution in [1.82, 2.24) is 0 Å². The molecule has 0 amide bonds. The van der Waals surface area contributed by atoms with E-state index >= 15 is 0 Å². The molecule has 0 spiro atoms. The summed E-state index contributed by atoms with van der Waals surface area (Å²) in [5.41, 5.74) is 6.37. The standard InChI is InChI=1S/C34H35N7O/c1-2-3-4-7-34(42)26-8-10-27(11-9-26)35-36-28-12-14-29(15-13-28)37-38-30-16-18-31(19-17-30)39-40-32-20-22-33(23-21-32)41-24-5-6-25-41/h8-23H,2-7,24-25H2,1H3. The number of ketones is 1. The third-order valence-electron chi connectivity index (χ3n) is 7.06. The fourth-order valence-corrected chi connectivity index (χ4v) is 4.62. The van der Waals surface area contributed by atoms with E-state index in [4.69, 9.17) is 0 Å². The minimum atomic E-state index is 0.173. The first-order chi connectivity index (χ1) is 20.7. The van der Waals surface area contributed by atoms with Crippen LogP contribution in [0.4, 0.5) is 39.8 Å². The molecule has 0 radical (unpaired) electrons. The van der Waals surface area contributed by atoms with Crippen molar-refractivity contribution in [2.24, 2.45) is 30.7 Å². The predicted molar refractivity (Wildman–Crippen MR) is 168 cm³/mol. The quantitative estimate of drug-likeness (QED) is 0.0983. The van der Waals surface area contributed by atoms with E-state index in [2.05, 4.69) is 54.6 Å². The Morgan fingerprint density at radius 1 is 0.548 bits per heavy atom. The topological polar surface area (TPSA) is 94.5 Å². The van der Waals surface area contributed by atoms with Gasteiger partial charge in [0.15, 0.2) is 5.78 Å². The van der Waals surface area contributed by atoms with Gasteiger partial charge in [0.25, 0.3) is 0 Å². The molecule has 0 aromatic heterocycles. The molecule has 0 atom stereocenters. The number of hydrogen-bond donors (Lipinski definition) is 0. The molecule has 4 aromatic carbocycles. The highest BCUT2D eigenvalue weighted by molar-refractivity contribution is 5.96. The van der Waals surface area contributed by atoms with Crippen LogP contribution >= 0.6 is 0 Å². The molecular formula is C34H35N7O. The number of carbonyl (C=O) groups excluding carboxylic acids is 1. The summed E-state index contributed by atoms with van der Waals surface area (Å²) < 4.78 is 0. The average molecular weight is 558 g/mol.